The SMILES string of the molecule is CCCCCCC(NCCC)C1CCCC(CC)C1. The summed E-state index contributed by atoms with van der Waals surface area (Å²) in [4.78, 5) is 0. The van der Waals surface area contributed by atoms with Crippen molar-refractivity contribution in [3.63, 3.8) is 0 Å². The Bertz CT molecular complexity index is 202. The molecule has 3 unspecified atom stereocenters. The number of hydrogen-bond donors (Lipinski definition) is 1. The zero-order valence-corrected chi connectivity index (χ0v) is 13.7. The van der Waals surface area contributed by atoms with Gasteiger partial charge in [-0.1, -0.05) is 65.7 Å². The molecule has 1 saturated carbocycles. The van der Waals surface area contributed by atoms with Crippen LogP contribution in [0.2, 0.25) is 0 Å². The van der Waals surface area contributed by atoms with Gasteiger partial charge in [0.25, 0.3) is 0 Å². The first kappa shape index (κ1) is 17.0. The Morgan fingerprint density at radius 1 is 1.00 bits per heavy atom. The van der Waals surface area contributed by atoms with Crippen molar-refractivity contribution in [1.82, 2.24) is 5.32 Å². The molecule has 19 heavy (non-hydrogen) atoms. The van der Waals surface area contributed by atoms with Crippen LogP contribution in [0.15, 0.2) is 0 Å². The highest BCUT2D eigenvalue weighted by atomic mass is 14.9. The van der Waals surface area contributed by atoms with E-state index in [0.717, 1.165) is 17.9 Å². The zero-order valence-electron chi connectivity index (χ0n) is 13.7. The summed E-state index contributed by atoms with van der Waals surface area (Å²) in [7, 11) is 0. The van der Waals surface area contributed by atoms with E-state index in [9.17, 15) is 0 Å². The summed E-state index contributed by atoms with van der Waals surface area (Å²) in [6.07, 6.45) is 15.7. The predicted octanol–water partition coefficient (Wildman–Crippen LogP) is 5.54. The van der Waals surface area contributed by atoms with E-state index in [1.54, 1.807) is 0 Å². The van der Waals surface area contributed by atoms with Gasteiger partial charge in [0, 0.05) is 6.04 Å². The minimum Gasteiger partial charge on any atom is -0.314 e. The Labute approximate surface area is 121 Å². The van der Waals surface area contributed by atoms with Gasteiger partial charge in [-0.15, -0.1) is 0 Å². The van der Waals surface area contributed by atoms with Gasteiger partial charge in [-0.25, -0.2) is 0 Å². The topological polar surface area (TPSA) is 12.0 Å². The molecule has 0 spiro atoms. The summed E-state index contributed by atoms with van der Waals surface area (Å²) in [5, 5.41) is 3.86. The Morgan fingerprint density at radius 3 is 2.53 bits per heavy atom. The molecule has 1 N–H and O–H groups in total. The fourth-order valence-electron chi connectivity index (χ4n) is 3.69. The van der Waals surface area contributed by atoms with Crippen molar-refractivity contribution in [2.75, 3.05) is 6.54 Å². The molecule has 1 aliphatic carbocycles. The van der Waals surface area contributed by atoms with Gasteiger partial charge in [-0.2, -0.15) is 0 Å². The molecule has 0 heterocycles. The molecular weight excluding hydrogens is 230 g/mol. The van der Waals surface area contributed by atoms with Crippen LogP contribution in [0.3, 0.4) is 0 Å². The van der Waals surface area contributed by atoms with Crippen LogP contribution < -0.4 is 5.32 Å². The summed E-state index contributed by atoms with van der Waals surface area (Å²) < 4.78 is 0. The highest BCUT2D eigenvalue weighted by Crippen LogP contribution is 2.34. The lowest BCUT2D eigenvalue weighted by molar-refractivity contribution is 0.199. The third kappa shape index (κ3) is 6.79. The highest BCUT2D eigenvalue weighted by Gasteiger charge is 2.26. The van der Waals surface area contributed by atoms with Crippen molar-refractivity contribution >= 4 is 0 Å². The maximum absolute atomic E-state index is 3.86. The van der Waals surface area contributed by atoms with Crippen LogP contribution in [0.5, 0.6) is 0 Å². The van der Waals surface area contributed by atoms with Crippen molar-refractivity contribution in [3.8, 4) is 0 Å². The summed E-state index contributed by atoms with van der Waals surface area (Å²) in [6, 6.07) is 0.811. The molecule has 1 fully saturated rings. The van der Waals surface area contributed by atoms with E-state index in [2.05, 4.69) is 26.1 Å². The Hall–Kier alpha value is -0.0400. The molecule has 0 saturated heterocycles. The smallest absolute Gasteiger partial charge is 0.00954 e. The first-order valence-electron chi connectivity index (χ1n) is 9.05. The van der Waals surface area contributed by atoms with Crippen LogP contribution in [0.1, 0.15) is 91.4 Å². The molecule has 1 nitrogen and oxygen atoms in total. The second-order valence-corrected chi connectivity index (χ2v) is 6.61. The predicted molar refractivity (Wildman–Crippen MR) is 86.6 cm³/mol. The van der Waals surface area contributed by atoms with Gasteiger partial charge in [-0.3, -0.25) is 0 Å². The summed E-state index contributed by atoms with van der Waals surface area (Å²) in [5.74, 6) is 1.98. The third-order valence-corrected chi connectivity index (χ3v) is 4.99. The van der Waals surface area contributed by atoms with Crippen LogP contribution in [-0.2, 0) is 0 Å². The molecule has 0 aromatic heterocycles. The first-order valence-corrected chi connectivity index (χ1v) is 9.05. The largest absolute Gasteiger partial charge is 0.314 e. The third-order valence-electron chi connectivity index (χ3n) is 4.99. The van der Waals surface area contributed by atoms with Gasteiger partial charge >= 0.3 is 0 Å². The van der Waals surface area contributed by atoms with Crippen molar-refractivity contribution in [3.05, 3.63) is 0 Å². The second-order valence-electron chi connectivity index (χ2n) is 6.61. The number of rotatable bonds is 10. The van der Waals surface area contributed by atoms with Crippen molar-refractivity contribution in [1.29, 1.82) is 0 Å². The van der Waals surface area contributed by atoms with Gasteiger partial charge in [0.1, 0.15) is 0 Å². The highest BCUT2D eigenvalue weighted by molar-refractivity contribution is 4.82. The summed E-state index contributed by atoms with van der Waals surface area (Å²) in [6.45, 7) is 8.19. The minimum absolute atomic E-state index is 0.811. The molecule has 114 valence electrons. The minimum atomic E-state index is 0.811. The molecule has 3 atom stereocenters. The van der Waals surface area contributed by atoms with Gasteiger partial charge in [0.15, 0.2) is 0 Å². The lowest BCUT2D eigenvalue weighted by atomic mass is 9.75. The van der Waals surface area contributed by atoms with Gasteiger partial charge < -0.3 is 5.32 Å². The van der Waals surface area contributed by atoms with Gasteiger partial charge in [-0.05, 0) is 44.1 Å². The van der Waals surface area contributed by atoms with E-state index in [1.165, 1.54) is 77.2 Å². The van der Waals surface area contributed by atoms with Crippen molar-refractivity contribution in [2.45, 2.75) is 97.4 Å². The van der Waals surface area contributed by atoms with E-state index in [1.807, 2.05) is 0 Å². The van der Waals surface area contributed by atoms with Crippen LogP contribution in [0.25, 0.3) is 0 Å². The Balaban J connectivity index is 2.37. The molecule has 0 aliphatic heterocycles. The summed E-state index contributed by atoms with van der Waals surface area (Å²) in [5.41, 5.74) is 0. The fourth-order valence-corrected chi connectivity index (χ4v) is 3.69. The average molecular weight is 268 g/mol. The molecule has 0 bridgehead atoms. The fraction of sp³-hybridized carbons (Fsp3) is 1.00. The molecular formula is C18H37N. The second kappa shape index (κ2) is 10.7. The lowest BCUT2D eigenvalue weighted by Gasteiger charge is -2.35. The van der Waals surface area contributed by atoms with Gasteiger partial charge in [0.05, 0.1) is 0 Å². The quantitative estimate of drug-likeness (QED) is 0.512. The summed E-state index contributed by atoms with van der Waals surface area (Å²) >= 11 is 0. The molecule has 0 amide bonds. The van der Waals surface area contributed by atoms with Crippen LogP contribution in [-0.4, -0.2) is 12.6 Å². The van der Waals surface area contributed by atoms with Crippen LogP contribution in [0, 0.1) is 11.8 Å². The molecule has 0 radical (unpaired) electrons. The lowest BCUT2D eigenvalue weighted by Crippen LogP contribution is -2.39. The maximum Gasteiger partial charge on any atom is 0.00954 e. The Kier molecular flexibility index (Phi) is 9.59. The van der Waals surface area contributed by atoms with E-state index >= 15 is 0 Å². The number of nitrogens with one attached hydrogen (secondary N) is 1. The Morgan fingerprint density at radius 2 is 1.84 bits per heavy atom. The van der Waals surface area contributed by atoms with Crippen molar-refractivity contribution in [2.24, 2.45) is 11.8 Å². The molecule has 1 rings (SSSR count). The zero-order chi connectivity index (χ0) is 13.9. The first-order chi connectivity index (χ1) is 9.31. The molecule has 1 aliphatic rings. The van der Waals surface area contributed by atoms with E-state index in [4.69, 9.17) is 0 Å². The average Bonchev–Trinajstić information content (AvgIpc) is 2.46. The maximum atomic E-state index is 3.86. The molecule has 1 heteroatoms. The monoisotopic (exact) mass is 267 g/mol. The van der Waals surface area contributed by atoms with Crippen LogP contribution >= 0.6 is 0 Å². The standard InChI is InChI=1S/C18H37N/c1-4-7-8-9-13-18(19-14-5-2)17-12-10-11-16(6-3)15-17/h16-19H,4-15H2,1-3H3. The van der Waals surface area contributed by atoms with E-state index in [0.29, 0.717) is 0 Å². The van der Waals surface area contributed by atoms with Crippen LogP contribution in [0.4, 0.5) is 0 Å². The normalized spacial score (nSPS) is 25.4. The van der Waals surface area contributed by atoms with Crippen molar-refractivity contribution < 1.29 is 0 Å². The molecule has 0 aromatic rings. The molecule has 0 aromatic carbocycles. The number of hydrogen-bond acceptors (Lipinski definition) is 1. The van der Waals surface area contributed by atoms with E-state index in [-0.39, 0.29) is 0 Å². The van der Waals surface area contributed by atoms with E-state index < -0.39 is 0 Å². The van der Waals surface area contributed by atoms with Gasteiger partial charge in [0.2, 0.25) is 0 Å². The number of unbranched alkanes of at least 4 members (excludes halogenated alkanes) is 3.